The lowest BCUT2D eigenvalue weighted by Gasteiger charge is -2.20. The Balaban J connectivity index is 2.10. The number of thiazole rings is 1. The first-order chi connectivity index (χ1) is 11.2. The van der Waals surface area contributed by atoms with E-state index in [2.05, 4.69) is 20.8 Å². The number of nitrogens with zero attached hydrogens (tertiary/aromatic N) is 2. The molecule has 1 aromatic heterocycles. The first kappa shape index (κ1) is 17.9. The Hall–Kier alpha value is -2.48. The number of hydrazone groups is 1. The van der Waals surface area contributed by atoms with Gasteiger partial charge < -0.3 is 4.74 Å². The maximum atomic E-state index is 13.5. The summed E-state index contributed by atoms with van der Waals surface area (Å²) in [5.41, 5.74) is 3.82. The van der Waals surface area contributed by atoms with Crippen LogP contribution in [0.15, 0.2) is 28.7 Å². The molecule has 0 spiro atoms. The molecule has 2 aromatic rings. The second-order valence-corrected chi connectivity index (χ2v) is 6.88. The van der Waals surface area contributed by atoms with Crippen molar-refractivity contribution in [3.63, 3.8) is 0 Å². The molecule has 2 rings (SSSR count). The van der Waals surface area contributed by atoms with Gasteiger partial charge in [0.05, 0.1) is 17.6 Å². The highest BCUT2D eigenvalue weighted by Crippen LogP contribution is 2.18. The van der Waals surface area contributed by atoms with Crippen LogP contribution in [0.1, 0.15) is 32.0 Å². The van der Waals surface area contributed by atoms with E-state index < -0.39 is 17.5 Å². The summed E-state index contributed by atoms with van der Waals surface area (Å²) in [5, 5.41) is 9.12. The van der Waals surface area contributed by atoms with Gasteiger partial charge in [-0.05, 0) is 45.9 Å². The molecule has 8 heteroatoms. The van der Waals surface area contributed by atoms with E-state index in [4.69, 9.17) is 4.74 Å². The van der Waals surface area contributed by atoms with Crippen LogP contribution in [0.25, 0.3) is 0 Å². The lowest BCUT2D eigenvalue weighted by Crippen LogP contribution is -2.27. The Morgan fingerprint density at radius 2 is 2.17 bits per heavy atom. The lowest BCUT2D eigenvalue weighted by atomic mass is 10.2. The number of nitrogens with one attached hydrogen (secondary N) is 2. The van der Waals surface area contributed by atoms with E-state index in [9.17, 15) is 9.18 Å². The molecule has 0 atom stereocenters. The molecule has 0 radical (unpaired) electrons. The molecule has 128 valence electrons. The number of rotatable bonds is 4. The van der Waals surface area contributed by atoms with Crippen LogP contribution in [0.3, 0.4) is 0 Å². The van der Waals surface area contributed by atoms with Gasteiger partial charge in [0.2, 0.25) is 5.13 Å². The Bertz CT molecular complexity index is 753. The monoisotopic (exact) mass is 350 g/mol. The zero-order valence-corrected chi connectivity index (χ0v) is 14.7. The molecule has 0 aliphatic rings. The number of carbonyl (C=O) groups is 1. The van der Waals surface area contributed by atoms with Gasteiger partial charge in [-0.25, -0.2) is 14.2 Å². The van der Waals surface area contributed by atoms with Gasteiger partial charge in [-0.3, -0.25) is 10.7 Å². The Morgan fingerprint density at radius 1 is 1.42 bits per heavy atom. The topological polar surface area (TPSA) is 75.6 Å². The van der Waals surface area contributed by atoms with Crippen molar-refractivity contribution in [2.45, 2.75) is 33.3 Å². The predicted molar refractivity (Wildman–Crippen MR) is 94.3 cm³/mol. The van der Waals surface area contributed by atoms with Crippen molar-refractivity contribution in [2.75, 3.05) is 10.7 Å². The summed E-state index contributed by atoms with van der Waals surface area (Å²) in [6.07, 6.45) is 0.791. The molecule has 0 fully saturated rings. The molecule has 0 saturated heterocycles. The number of aromatic nitrogens is 1. The third kappa shape index (κ3) is 5.62. The SMILES string of the molecule is Cc1csc(NN=Cc2cc(F)ccc2NC(=O)OC(C)(C)C)n1. The third-order valence-corrected chi connectivity index (χ3v) is 3.50. The Kier molecular flexibility index (Phi) is 5.50. The van der Waals surface area contributed by atoms with Crippen molar-refractivity contribution in [1.29, 1.82) is 0 Å². The summed E-state index contributed by atoms with van der Waals surface area (Å²) < 4.78 is 18.7. The van der Waals surface area contributed by atoms with Crippen molar-refractivity contribution in [3.05, 3.63) is 40.7 Å². The molecular formula is C16H19FN4O2S. The first-order valence-corrected chi connectivity index (χ1v) is 8.12. The van der Waals surface area contributed by atoms with Gasteiger partial charge in [0.1, 0.15) is 11.4 Å². The molecule has 6 nitrogen and oxygen atoms in total. The van der Waals surface area contributed by atoms with Crippen LogP contribution >= 0.6 is 11.3 Å². The molecule has 0 aliphatic heterocycles. The minimum atomic E-state index is -0.622. The smallest absolute Gasteiger partial charge is 0.412 e. The van der Waals surface area contributed by atoms with Gasteiger partial charge in [-0.2, -0.15) is 5.10 Å². The normalized spacial score (nSPS) is 11.5. The molecular weight excluding hydrogens is 331 g/mol. The summed E-state index contributed by atoms with van der Waals surface area (Å²) in [6.45, 7) is 7.17. The quantitative estimate of drug-likeness (QED) is 0.634. The van der Waals surface area contributed by atoms with Crippen molar-refractivity contribution >= 4 is 34.5 Å². The number of ether oxygens (including phenoxy) is 1. The molecule has 0 unspecified atom stereocenters. The maximum absolute atomic E-state index is 13.5. The number of benzene rings is 1. The molecule has 0 saturated carbocycles. The molecule has 1 aromatic carbocycles. The largest absolute Gasteiger partial charge is 0.444 e. The Morgan fingerprint density at radius 3 is 2.79 bits per heavy atom. The van der Waals surface area contributed by atoms with Gasteiger partial charge in [-0.1, -0.05) is 0 Å². The van der Waals surface area contributed by atoms with Crippen molar-refractivity contribution in [2.24, 2.45) is 5.10 Å². The van der Waals surface area contributed by atoms with E-state index >= 15 is 0 Å². The fourth-order valence-electron chi connectivity index (χ4n) is 1.73. The molecule has 0 aliphatic carbocycles. The molecule has 24 heavy (non-hydrogen) atoms. The van der Waals surface area contributed by atoms with E-state index in [1.165, 1.54) is 35.8 Å². The summed E-state index contributed by atoms with van der Waals surface area (Å²) in [6, 6.07) is 3.97. The number of amides is 1. The average Bonchev–Trinajstić information content (AvgIpc) is 2.85. The number of anilines is 2. The standard InChI is InChI=1S/C16H19FN4O2S/c1-10-9-24-14(19-10)21-18-8-11-7-12(17)5-6-13(11)20-15(22)23-16(2,3)4/h5-9H,1-4H3,(H,19,21)(H,20,22). The number of aryl methyl sites for hydroxylation is 1. The van der Waals surface area contributed by atoms with Crippen molar-refractivity contribution in [1.82, 2.24) is 4.98 Å². The first-order valence-electron chi connectivity index (χ1n) is 7.24. The Labute approximate surface area is 143 Å². The van der Waals surface area contributed by atoms with E-state index in [1.54, 1.807) is 20.8 Å². The highest BCUT2D eigenvalue weighted by Gasteiger charge is 2.17. The predicted octanol–water partition coefficient (Wildman–Crippen LogP) is 4.38. The van der Waals surface area contributed by atoms with E-state index in [0.717, 1.165) is 5.69 Å². The van der Waals surface area contributed by atoms with Gasteiger partial charge in [0.15, 0.2) is 0 Å². The number of carbonyl (C=O) groups excluding carboxylic acids is 1. The van der Waals surface area contributed by atoms with E-state index in [-0.39, 0.29) is 0 Å². The second kappa shape index (κ2) is 7.39. The van der Waals surface area contributed by atoms with Gasteiger partial charge in [-0.15, -0.1) is 11.3 Å². The van der Waals surface area contributed by atoms with Crippen LogP contribution in [0.5, 0.6) is 0 Å². The third-order valence-electron chi connectivity index (χ3n) is 2.63. The van der Waals surface area contributed by atoms with Gasteiger partial charge >= 0.3 is 6.09 Å². The molecule has 2 N–H and O–H groups in total. The summed E-state index contributed by atoms with van der Waals surface area (Å²) in [4.78, 5) is 16.1. The van der Waals surface area contributed by atoms with Crippen LogP contribution in [0, 0.1) is 12.7 Å². The van der Waals surface area contributed by atoms with E-state index in [0.29, 0.717) is 16.4 Å². The maximum Gasteiger partial charge on any atom is 0.412 e. The minimum absolute atomic E-state index is 0.395. The zero-order valence-electron chi connectivity index (χ0n) is 13.9. The molecule has 1 heterocycles. The number of halogens is 1. The minimum Gasteiger partial charge on any atom is -0.444 e. The van der Waals surface area contributed by atoms with Crippen LogP contribution < -0.4 is 10.7 Å². The molecule has 1 amide bonds. The zero-order chi connectivity index (χ0) is 17.7. The van der Waals surface area contributed by atoms with E-state index in [1.807, 2.05) is 12.3 Å². The van der Waals surface area contributed by atoms with Crippen LogP contribution in [-0.4, -0.2) is 22.9 Å². The average molecular weight is 350 g/mol. The molecule has 0 bridgehead atoms. The second-order valence-electron chi connectivity index (χ2n) is 6.02. The van der Waals surface area contributed by atoms with Crippen LogP contribution in [0.4, 0.5) is 20.0 Å². The van der Waals surface area contributed by atoms with Crippen molar-refractivity contribution in [3.8, 4) is 0 Å². The number of hydrogen-bond donors (Lipinski definition) is 2. The summed E-state index contributed by atoms with van der Waals surface area (Å²) in [5.74, 6) is -0.434. The fourth-order valence-corrected chi connectivity index (χ4v) is 2.37. The van der Waals surface area contributed by atoms with Crippen LogP contribution in [-0.2, 0) is 4.74 Å². The fraction of sp³-hybridized carbons (Fsp3) is 0.312. The van der Waals surface area contributed by atoms with Crippen LogP contribution in [0.2, 0.25) is 0 Å². The van der Waals surface area contributed by atoms with Gasteiger partial charge in [0, 0.05) is 10.9 Å². The number of hydrogen-bond acceptors (Lipinski definition) is 6. The van der Waals surface area contributed by atoms with Crippen molar-refractivity contribution < 1.29 is 13.9 Å². The highest BCUT2D eigenvalue weighted by atomic mass is 32.1. The summed E-state index contributed by atoms with van der Waals surface area (Å²) in [7, 11) is 0. The highest BCUT2D eigenvalue weighted by molar-refractivity contribution is 7.13. The summed E-state index contributed by atoms with van der Waals surface area (Å²) >= 11 is 1.41. The van der Waals surface area contributed by atoms with Gasteiger partial charge in [0.25, 0.3) is 0 Å². The lowest BCUT2D eigenvalue weighted by molar-refractivity contribution is 0.0636.